The molecule has 2 aromatic rings. The summed E-state index contributed by atoms with van der Waals surface area (Å²) in [6.45, 7) is 19.8. The third-order valence-corrected chi connectivity index (χ3v) is 7.51. The smallest absolute Gasteiger partial charge is 0.228 e. The average Bonchev–Trinajstić information content (AvgIpc) is 3.05. The molecule has 1 atom stereocenters. The fourth-order valence-electron chi connectivity index (χ4n) is 6.04. The van der Waals surface area contributed by atoms with Crippen LogP contribution in [0.1, 0.15) is 71.7 Å². The summed E-state index contributed by atoms with van der Waals surface area (Å²) in [5, 5.41) is 10.3. The van der Waals surface area contributed by atoms with Crippen molar-refractivity contribution in [2.24, 2.45) is 10.8 Å². The maximum atomic E-state index is 13.4. The number of aliphatic hydroxyl groups is 1. The lowest BCUT2D eigenvalue weighted by Gasteiger charge is -2.34. The van der Waals surface area contributed by atoms with Crippen LogP contribution in [0.15, 0.2) is 24.3 Å². The van der Waals surface area contributed by atoms with Crippen molar-refractivity contribution in [1.82, 2.24) is 4.90 Å². The number of hydrogen-bond acceptors (Lipinski definition) is 2. The Labute approximate surface area is 201 Å². The molecule has 180 valence electrons. The van der Waals surface area contributed by atoms with Crippen molar-refractivity contribution in [2.45, 2.75) is 87.6 Å². The molecule has 0 spiro atoms. The van der Waals surface area contributed by atoms with Crippen LogP contribution in [0, 0.1) is 52.4 Å². The third kappa shape index (κ3) is 5.35. The van der Waals surface area contributed by atoms with Gasteiger partial charge < -0.3 is 10.0 Å². The van der Waals surface area contributed by atoms with Crippen molar-refractivity contribution in [3.05, 3.63) is 68.8 Å². The highest BCUT2D eigenvalue weighted by Crippen LogP contribution is 2.44. The fraction of sp³-hybridized carbons (Fsp3) is 0.567. The summed E-state index contributed by atoms with van der Waals surface area (Å²) in [6.07, 6.45) is 2.66. The van der Waals surface area contributed by atoms with E-state index in [1.54, 1.807) is 0 Å². The summed E-state index contributed by atoms with van der Waals surface area (Å²) >= 11 is 0. The second-order valence-electron chi connectivity index (χ2n) is 11.8. The van der Waals surface area contributed by atoms with Gasteiger partial charge in [-0.05, 0) is 99.6 Å². The van der Waals surface area contributed by atoms with Crippen molar-refractivity contribution in [2.75, 3.05) is 13.2 Å². The Morgan fingerprint density at radius 3 is 1.61 bits per heavy atom. The van der Waals surface area contributed by atoms with Gasteiger partial charge in [0.25, 0.3) is 0 Å². The lowest BCUT2D eigenvalue weighted by molar-refractivity contribution is -0.141. The van der Waals surface area contributed by atoms with Crippen LogP contribution in [0.3, 0.4) is 0 Å². The first-order valence-electron chi connectivity index (χ1n) is 12.3. The SMILES string of the molecule is Cc1cc(C)c(CC2(Cc3c(C)cc(C)cc3C)C[C@@H](CO)N(C(=O)C(C)(C)C)C2)c(C)c1. The summed E-state index contributed by atoms with van der Waals surface area (Å²) in [4.78, 5) is 15.4. The molecule has 1 fully saturated rings. The molecule has 1 N–H and O–H groups in total. The van der Waals surface area contributed by atoms with E-state index in [0.717, 1.165) is 19.3 Å². The molecule has 2 aromatic carbocycles. The van der Waals surface area contributed by atoms with E-state index in [1.165, 1.54) is 44.5 Å². The van der Waals surface area contributed by atoms with Crippen molar-refractivity contribution < 1.29 is 9.90 Å². The van der Waals surface area contributed by atoms with E-state index in [0.29, 0.717) is 6.54 Å². The normalized spacial score (nSPS) is 18.1. The monoisotopic (exact) mass is 449 g/mol. The largest absolute Gasteiger partial charge is 0.394 e. The minimum atomic E-state index is -0.463. The van der Waals surface area contributed by atoms with Gasteiger partial charge in [-0.2, -0.15) is 0 Å². The topological polar surface area (TPSA) is 40.5 Å². The average molecular weight is 450 g/mol. The number of aliphatic hydroxyl groups excluding tert-OH is 1. The maximum absolute atomic E-state index is 13.4. The second kappa shape index (κ2) is 9.25. The second-order valence-corrected chi connectivity index (χ2v) is 11.8. The van der Waals surface area contributed by atoms with E-state index in [1.807, 2.05) is 25.7 Å². The predicted octanol–water partition coefficient (Wildman–Crippen LogP) is 5.95. The number of rotatable bonds is 5. The molecule has 1 saturated heterocycles. The van der Waals surface area contributed by atoms with Crippen molar-refractivity contribution >= 4 is 5.91 Å². The Bertz CT molecular complexity index is 938. The summed E-state index contributed by atoms with van der Waals surface area (Å²) in [7, 11) is 0. The molecule has 1 heterocycles. The molecule has 0 saturated carbocycles. The molecule has 3 rings (SSSR count). The minimum absolute atomic E-state index is 0.0152. The molecule has 0 radical (unpaired) electrons. The number of carbonyl (C=O) groups is 1. The van der Waals surface area contributed by atoms with E-state index in [4.69, 9.17) is 0 Å². The lowest BCUT2D eigenvalue weighted by Crippen LogP contribution is -2.44. The minimum Gasteiger partial charge on any atom is -0.394 e. The molecule has 1 aliphatic heterocycles. The zero-order valence-electron chi connectivity index (χ0n) is 22.2. The molecule has 0 aromatic heterocycles. The van der Waals surface area contributed by atoms with Gasteiger partial charge in [-0.1, -0.05) is 56.2 Å². The van der Waals surface area contributed by atoms with Crippen molar-refractivity contribution in [3.8, 4) is 0 Å². The first kappa shape index (κ1) is 25.5. The standard InChI is InChI=1S/C30H43NO2/c1-19-10-21(3)26(22(4)11-19)15-30(16-27-23(5)12-20(2)13-24(27)6)14-25(17-32)31(18-30)28(33)29(7,8)9/h10-13,25,32H,14-18H2,1-9H3/t25-/m0/s1. The molecule has 1 amide bonds. The Hall–Kier alpha value is -2.13. The van der Waals surface area contributed by atoms with Crippen LogP contribution in [0.2, 0.25) is 0 Å². The molecule has 33 heavy (non-hydrogen) atoms. The highest BCUT2D eigenvalue weighted by Gasteiger charge is 2.48. The van der Waals surface area contributed by atoms with Crippen LogP contribution in [-0.4, -0.2) is 35.1 Å². The molecule has 1 aliphatic rings. The molecule has 3 nitrogen and oxygen atoms in total. The molecule has 0 aliphatic carbocycles. The Kier molecular flexibility index (Phi) is 7.15. The van der Waals surface area contributed by atoms with Crippen LogP contribution in [0.4, 0.5) is 0 Å². The Morgan fingerprint density at radius 1 is 0.879 bits per heavy atom. The van der Waals surface area contributed by atoms with Crippen LogP contribution < -0.4 is 0 Å². The zero-order chi connectivity index (χ0) is 24.7. The van der Waals surface area contributed by atoms with Crippen LogP contribution in [-0.2, 0) is 17.6 Å². The summed E-state index contributed by atoms with van der Waals surface area (Å²) in [5.74, 6) is 0.137. The van der Waals surface area contributed by atoms with Gasteiger partial charge in [0.2, 0.25) is 5.91 Å². The number of carbonyl (C=O) groups excluding carboxylic acids is 1. The number of amides is 1. The Morgan fingerprint density at radius 2 is 1.27 bits per heavy atom. The van der Waals surface area contributed by atoms with E-state index in [-0.39, 0.29) is 24.0 Å². The molecule has 0 unspecified atom stereocenters. The highest BCUT2D eigenvalue weighted by atomic mass is 16.3. The summed E-state index contributed by atoms with van der Waals surface area (Å²) < 4.78 is 0. The van der Waals surface area contributed by atoms with E-state index in [2.05, 4.69) is 65.8 Å². The molecule has 0 bridgehead atoms. The van der Waals surface area contributed by atoms with Crippen LogP contribution >= 0.6 is 0 Å². The first-order valence-corrected chi connectivity index (χ1v) is 12.3. The van der Waals surface area contributed by atoms with Gasteiger partial charge in [0.1, 0.15) is 0 Å². The van der Waals surface area contributed by atoms with Gasteiger partial charge in [-0.15, -0.1) is 0 Å². The number of aryl methyl sites for hydroxylation is 6. The highest BCUT2D eigenvalue weighted by molar-refractivity contribution is 5.82. The Balaban J connectivity index is 2.11. The lowest BCUT2D eigenvalue weighted by atomic mass is 9.72. The first-order chi connectivity index (χ1) is 15.3. The summed E-state index contributed by atoms with van der Waals surface area (Å²) in [5.41, 5.74) is 10.1. The quantitative estimate of drug-likeness (QED) is 0.613. The van der Waals surface area contributed by atoms with E-state index >= 15 is 0 Å². The number of hydrogen-bond donors (Lipinski definition) is 1. The third-order valence-electron chi connectivity index (χ3n) is 7.51. The van der Waals surface area contributed by atoms with Crippen molar-refractivity contribution in [3.63, 3.8) is 0 Å². The van der Waals surface area contributed by atoms with Gasteiger partial charge >= 0.3 is 0 Å². The maximum Gasteiger partial charge on any atom is 0.228 e. The van der Waals surface area contributed by atoms with Crippen LogP contribution in [0.5, 0.6) is 0 Å². The molecular formula is C30H43NO2. The van der Waals surface area contributed by atoms with Gasteiger partial charge in [0.15, 0.2) is 0 Å². The fourth-order valence-corrected chi connectivity index (χ4v) is 6.04. The predicted molar refractivity (Wildman–Crippen MR) is 138 cm³/mol. The van der Waals surface area contributed by atoms with Crippen LogP contribution in [0.25, 0.3) is 0 Å². The van der Waals surface area contributed by atoms with E-state index < -0.39 is 5.41 Å². The van der Waals surface area contributed by atoms with Gasteiger partial charge in [-0.25, -0.2) is 0 Å². The van der Waals surface area contributed by atoms with Gasteiger partial charge in [0, 0.05) is 12.0 Å². The number of benzene rings is 2. The number of likely N-dealkylation sites (tertiary alicyclic amines) is 1. The summed E-state index contributed by atoms with van der Waals surface area (Å²) in [6, 6.07) is 8.96. The molecule has 3 heteroatoms. The zero-order valence-corrected chi connectivity index (χ0v) is 22.2. The van der Waals surface area contributed by atoms with Gasteiger partial charge in [0.05, 0.1) is 12.6 Å². The van der Waals surface area contributed by atoms with Crippen molar-refractivity contribution in [1.29, 1.82) is 0 Å². The van der Waals surface area contributed by atoms with E-state index in [9.17, 15) is 9.90 Å². The van der Waals surface area contributed by atoms with Gasteiger partial charge in [-0.3, -0.25) is 4.79 Å². The molecular weight excluding hydrogens is 406 g/mol. The number of nitrogens with zero attached hydrogens (tertiary/aromatic N) is 1.